The van der Waals surface area contributed by atoms with Crippen LogP contribution in [0.25, 0.3) is 11.0 Å². The Morgan fingerprint density at radius 2 is 1.95 bits per heavy atom. The van der Waals surface area contributed by atoms with Gasteiger partial charge in [0.05, 0.1) is 16.1 Å². The smallest absolute Gasteiger partial charge is 0.265 e. The van der Waals surface area contributed by atoms with Crippen molar-refractivity contribution in [3.05, 3.63) is 53.3 Å². The highest BCUT2D eigenvalue weighted by Gasteiger charge is 2.20. The average molecular weight is 326 g/mol. The molecule has 108 valence electrons. The molecule has 0 radical (unpaired) electrons. The summed E-state index contributed by atoms with van der Waals surface area (Å²) in [5.41, 5.74) is 1.29. The van der Waals surface area contributed by atoms with Gasteiger partial charge in [0.1, 0.15) is 10.7 Å². The number of para-hydroxylation sites is 2. The Morgan fingerprint density at radius 3 is 2.71 bits per heavy atom. The summed E-state index contributed by atoms with van der Waals surface area (Å²) < 4.78 is 39.9. The minimum absolute atomic E-state index is 0.0385. The lowest BCUT2D eigenvalue weighted by Gasteiger charge is -2.07. The van der Waals surface area contributed by atoms with Gasteiger partial charge in [-0.2, -0.15) is 0 Å². The van der Waals surface area contributed by atoms with Crippen LogP contribution in [0.4, 0.5) is 10.3 Å². The van der Waals surface area contributed by atoms with E-state index in [1.165, 1.54) is 6.07 Å². The third kappa shape index (κ3) is 2.70. The van der Waals surface area contributed by atoms with Crippen molar-refractivity contribution in [2.45, 2.75) is 4.90 Å². The van der Waals surface area contributed by atoms with Gasteiger partial charge in [-0.1, -0.05) is 23.7 Å². The largest absolute Gasteiger partial charge is 0.323 e. The summed E-state index contributed by atoms with van der Waals surface area (Å²) in [4.78, 5) is 6.57. The van der Waals surface area contributed by atoms with E-state index >= 15 is 0 Å². The topological polar surface area (TPSA) is 74.8 Å². The number of benzene rings is 2. The van der Waals surface area contributed by atoms with Crippen molar-refractivity contribution in [3.8, 4) is 0 Å². The quantitative estimate of drug-likeness (QED) is 0.776. The Labute approximate surface area is 124 Å². The predicted octanol–water partition coefficient (Wildman–Crippen LogP) is 3.16. The normalized spacial score (nSPS) is 11.7. The number of imidazole rings is 1. The third-order valence-electron chi connectivity index (χ3n) is 2.80. The number of fused-ring (bicyclic) bond motifs is 1. The van der Waals surface area contributed by atoms with E-state index in [0.29, 0.717) is 11.0 Å². The summed E-state index contributed by atoms with van der Waals surface area (Å²) >= 11 is 5.81. The molecule has 0 saturated heterocycles. The molecule has 0 spiro atoms. The van der Waals surface area contributed by atoms with E-state index in [-0.39, 0.29) is 15.9 Å². The van der Waals surface area contributed by atoms with Gasteiger partial charge in [-0.25, -0.2) is 22.5 Å². The number of hydrogen-bond donors (Lipinski definition) is 2. The Balaban J connectivity index is 2.01. The molecule has 0 bridgehead atoms. The van der Waals surface area contributed by atoms with Gasteiger partial charge < -0.3 is 4.98 Å². The molecule has 0 saturated carbocycles. The molecule has 8 heteroatoms. The van der Waals surface area contributed by atoms with Crippen molar-refractivity contribution in [1.29, 1.82) is 0 Å². The fourth-order valence-corrected chi connectivity index (χ4v) is 3.34. The first-order valence-electron chi connectivity index (χ1n) is 5.88. The number of halogens is 2. The van der Waals surface area contributed by atoms with Crippen molar-refractivity contribution in [2.75, 3.05) is 4.72 Å². The van der Waals surface area contributed by atoms with Crippen molar-refractivity contribution in [2.24, 2.45) is 0 Å². The fourth-order valence-electron chi connectivity index (χ4n) is 1.87. The number of nitrogens with zero attached hydrogens (tertiary/aromatic N) is 1. The van der Waals surface area contributed by atoms with Gasteiger partial charge >= 0.3 is 0 Å². The van der Waals surface area contributed by atoms with E-state index < -0.39 is 15.8 Å². The molecule has 0 aliphatic heterocycles. The number of rotatable bonds is 3. The third-order valence-corrected chi connectivity index (χ3v) is 4.62. The SMILES string of the molecule is O=S(=O)(Nc1nc2ccccc2[nH]1)c1cc(F)ccc1Cl. The molecule has 2 aromatic carbocycles. The molecule has 1 heterocycles. The van der Waals surface area contributed by atoms with Crippen LogP contribution in [0.2, 0.25) is 5.02 Å². The lowest BCUT2D eigenvalue weighted by Crippen LogP contribution is -2.14. The van der Waals surface area contributed by atoms with Gasteiger partial charge in [-0.05, 0) is 30.3 Å². The van der Waals surface area contributed by atoms with Crippen LogP contribution in [-0.4, -0.2) is 18.4 Å². The molecule has 1 aromatic heterocycles. The zero-order valence-electron chi connectivity index (χ0n) is 10.5. The Morgan fingerprint density at radius 1 is 1.19 bits per heavy atom. The maximum absolute atomic E-state index is 13.2. The van der Waals surface area contributed by atoms with Crippen LogP contribution in [0, 0.1) is 5.82 Å². The highest BCUT2D eigenvalue weighted by Crippen LogP contribution is 2.24. The first kappa shape index (κ1) is 13.8. The molecule has 0 fully saturated rings. The van der Waals surface area contributed by atoms with Crippen LogP contribution in [0.5, 0.6) is 0 Å². The number of aromatic nitrogens is 2. The van der Waals surface area contributed by atoms with Crippen molar-refractivity contribution < 1.29 is 12.8 Å². The molecule has 3 rings (SSSR count). The molecule has 0 aliphatic rings. The van der Waals surface area contributed by atoms with Gasteiger partial charge in [0.2, 0.25) is 5.95 Å². The summed E-state index contributed by atoms with van der Waals surface area (Å²) in [6, 6.07) is 10.2. The molecular weight excluding hydrogens is 317 g/mol. The highest BCUT2D eigenvalue weighted by atomic mass is 35.5. The van der Waals surface area contributed by atoms with Gasteiger partial charge in [0, 0.05) is 0 Å². The first-order valence-corrected chi connectivity index (χ1v) is 7.74. The van der Waals surface area contributed by atoms with Crippen molar-refractivity contribution in [1.82, 2.24) is 9.97 Å². The minimum atomic E-state index is -4.03. The van der Waals surface area contributed by atoms with Crippen LogP contribution in [0.15, 0.2) is 47.4 Å². The summed E-state index contributed by atoms with van der Waals surface area (Å²) in [6.45, 7) is 0. The molecule has 0 aliphatic carbocycles. The van der Waals surface area contributed by atoms with Crippen molar-refractivity contribution >= 4 is 38.6 Å². The zero-order chi connectivity index (χ0) is 15.0. The molecule has 0 amide bonds. The Hall–Kier alpha value is -2.12. The van der Waals surface area contributed by atoms with Gasteiger partial charge in [0.15, 0.2) is 0 Å². The summed E-state index contributed by atoms with van der Waals surface area (Å²) in [7, 11) is -4.03. The summed E-state index contributed by atoms with van der Waals surface area (Å²) in [6.07, 6.45) is 0. The molecule has 2 N–H and O–H groups in total. The second-order valence-corrected chi connectivity index (χ2v) is 6.34. The summed E-state index contributed by atoms with van der Waals surface area (Å²) in [5, 5.41) is -0.0694. The number of sulfonamides is 1. The lowest BCUT2D eigenvalue weighted by molar-refractivity contribution is 0.595. The van der Waals surface area contributed by atoms with E-state index in [4.69, 9.17) is 11.6 Å². The van der Waals surface area contributed by atoms with E-state index in [1.807, 2.05) is 0 Å². The lowest BCUT2D eigenvalue weighted by atomic mass is 10.3. The second kappa shape index (κ2) is 5.01. The number of H-pyrrole nitrogens is 1. The molecule has 0 unspecified atom stereocenters. The van der Waals surface area contributed by atoms with E-state index in [1.54, 1.807) is 24.3 Å². The highest BCUT2D eigenvalue weighted by molar-refractivity contribution is 7.92. The van der Waals surface area contributed by atoms with Crippen LogP contribution in [0.3, 0.4) is 0 Å². The van der Waals surface area contributed by atoms with Crippen molar-refractivity contribution in [3.63, 3.8) is 0 Å². The predicted molar refractivity (Wildman–Crippen MR) is 78.3 cm³/mol. The summed E-state index contributed by atoms with van der Waals surface area (Å²) in [5.74, 6) is -0.652. The monoisotopic (exact) mass is 325 g/mol. The molecule has 21 heavy (non-hydrogen) atoms. The molecule has 3 aromatic rings. The standard InChI is InChI=1S/C13H9ClFN3O2S/c14-9-6-5-8(15)7-12(9)21(19,20)18-13-16-10-3-1-2-4-11(10)17-13/h1-7H,(H2,16,17,18). The minimum Gasteiger partial charge on any atom is -0.323 e. The van der Waals surface area contributed by atoms with Crippen LogP contribution in [0.1, 0.15) is 0 Å². The fraction of sp³-hybridized carbons (Fsp3) is 0. The maximum Gasteiger partial charge on any atom is 0.265 e. The van der Waals surface area contributed by atoms with E-state index in [0.717, 1.165) is 12.1 Å². The van der Waals surface area contributed by atoms with Crippen LogP contribution < -0.4 is 4.72 Å². The molecular formula is C13H9ClFN3O2S. The van der Waals surface area contributed by atoms with Gasteiger partial charge in [-0.3, -0.25) is 0 Å². The van der Waals surface area contributed by atoms with Gasteiger partial charge in [0.25, 0.3) is 10.0 Å². The maximum atomic E-state index is 13.2. The molecule has 5 nitrogen and oxygen atoms in total. The Kier molecular flexibility index (Phi) is 3.30. The van der Waals surface area contributed by atoms with E-state index in [2.05, 4.69) is 14.7 Å². The number of hydrogen-bond acceptors (Lipinski definition) is 3. The Bertz CT molecular complexity index is 891. The second-order valence-electron chi connectivity index (χ2n) is 4.28. The van der Waals surface area contributed by atoms with Crippen LogP contribution in [-0.2, 0) is 10.0 Å². The zero-order valence-corrected chi connectivity index (χ0v) is 12.0. The molecule has 0 atom stereocenters. The number of nitrogens with one attached hydrogen (secondary N) is 2. The number of aromatic amines is 1. The van der Waals surface area contributed by atoms with Gasteiger partial charge in [-0.15, -0.1) is 0 Å². The number of anilines is 1. The average Bonchev–Trinajstić information content (AvgIpc) is 2.82. The van der Waals surface area contributed by atoms with Crippen LogP contribution >= 0.6 is 11.6 Å². The van der Waals surface area contributed by atoms with E-state index in [9.17, 15) is 12.8 Å². The first-order chi connectivity index (χ1) is 9.95.